The van der Waals surface area contributed by atoms with Crippen LogP contribution in [0.25, 0.3) is 0 Å². The van der Waals surface area contributed by atoms with E-state index in [4.69, 9.17) is 4.42 Å². The van der Waals surface area contributed by atoms with E-state index in [1.165, 1.54) is 31.4 Å². The Labute approximate surface area is 140 Å². The molecule has 10 nitrogen and oxygen atoms in total. The number of non-ortho nitro benzene ring substituents is 1. The second kappa shape index (κ2) is 5.74. The van der Waals surface area contributed by atoms with Gasteiger partial charge in [0.05, 0.1) is 11.2 Å². The first-order valence-electron chi connectivity index (χ1n) is 7.09. The number of benzene rings is 1. The fourth-order valence-corrected chi connectivity index (χ4v) is 2.37. The molecule has 0 bridgehead atoms. The molecule has 0 radical (unpaired) electrons. The lowest BCUT2D eigenvalue weighted by Crippen LogP contribution is -2.47. The number of furan rings is 1. The molecule has 2 aromatic rings. The number of nitro benzene ring substituents is 1. The van der Waals surface area contributed by atoms with Crippen molar-refractivity contribution in [3.8, 4) is 0 Å². The van der Waals surface area contributed by atoms with Crippen molar-refractivity contribution in [1.29, 1.82) is 0 Å². The molecule has 1 aliphatic heterocycles. The Morgan fingerprint density at radius 1 is 1.28 bits per heavy atom. The molecule has 0 aliphatic carbocycles. The predicted octanol–water partition coefficient (Wildman–Crippen LogP) is 1.30. The first-order chi connectivity index (χ1) is 11.8. The van der Waals surface area contributed by atoms with Crippen molar-refractivity contribution in [3.63, 3.8) is 0 Å². The van der Waals surface area contributed by atoms with Gasteiger partial charge >= 0.3 is 6.03 Å². The lowest BCUT2D eigenvalue weighted by Gasteiger charge is -2.19. The normalized spacial score (nSPS) is 19.6. The molecule has 10 heteroatoms. The van der Waals surface area contributed by atoms with Crippen molar-refractivity contribution in [2.45, 2.75) is 12.5 Å². The molecule has 1 saturated heterocycles. The summed E-state index contributed by atoms with van der Waals surface area (Å²) < 4.78 is 5.17. The molecule has 0 spiro atoms. The number of rotatable bonds is 4. The van der Waals surface area contributed by atoms with Crippen LogP contribution in [0.15, 0.2) is 47.1 Å². The Kier molecular flexibility index (Phi) is 3.72. The van der Waals surface area contributed by atoms with Crippen LogP contribution >= 0.6 is 0 Å². The molecule has 0 unspecified atom stereocenters. The van der Waals surface area contributed by atoms with Crippen molar-refractivity contribution >= 4 is 23.5 Å². The Morgan fingerprint density at radius 2 is 1.96 bits per heavy atom. The topological polar surface area (TPSA) is 135 Å². The largest absolute Gasteiger partial charge is 0.466 e. The maximum Gasteiger partial charge on any atom is 0.344 e. The van der Waals surface area contributed by atoms with Gasteiger partial charge in [-0.15, -0.1) is 0 Å². The molecule has 1 aromatic carbocycles. The zero-order chi connectivity index (χ0) is 18.2. The molecule has 1 aliphatic rings. The van der Waals surface area contributed by atoms with Crippen molar-refractivity contribution in [1.82, 2.24) is 15.8 Å². The van der Waals surface area contributed by atoms with Gasteiger partial charge in [0, 0.05) is 17.7 Å². The van der Waals surface area contributed by atoms with E-state index >= 15 is 0 Å². The van der Waals surface area contributed by atoms with Crippen LogP contribution in [0.4, 0.5) is 10.5 Å². The van der Waals surface area contributed by atoms with E-state index < -0.39 is 28.3 Å². The number of hydrogen-bond donors (Lipinski definition) is 2. The predicted molar refractivity (Wildman–Crippen MR) is 82.0 cm³/mol. The smallest absolute Gasteiger partial charge is 0.344 e. The summed E-state index contributed by atoms with van der Waals surface area (Å²) >= 11 is 0. The summed E-state index contributed by atoms with van der Waals surface area (Å²) in [4.78, 5) is 46.8. The molecule has 1 aromatic heterocycles. The second-order valence-corrected chi connectivity index (χ2v) is 5.42. The number of carbonyl (C=O) groups is 3. The Morgan fingerprint density at radius 3 is 2.52 bits per heavy atom. The summed E-state index contributed by atoms with van der Waals surface area (Å²) in [6, 6.07) is 7.01. The van der Waals surface area contributed by atoms with Crippen LogP contribution in [0, 0.1) is 10.1 Å². The quantitative estimate of drug-likeness (QED) is 0.487. The summed E-state index contributed by atoms with van der Waals surface area (Å²) in [5, 5.41) is 13.6. The van der Waals surface area contributed by atoms with Gasteiger partial charge in [-0.25, -0.2) is 4.79 Å². The van der Waals surface area contributed by atoms with Crippen molar-refractivity contribution in [2.75, 3.05) is 0 Å². The third kappa shape index (κ3) is 2.69. The molecule has 2 heterocycles. The molecule has 1 fully saturated rings. The first kappa shape index (κ1) is 16.2. The number of hydrogen-bond acceptors (Lipinski definition) is 6. The lowest BCUT2D eigenvalue weighted by molar-refractivity contribution is -0.384. The van der Waals surface area contributed by atoms with Crippen LogP contribution in [0.5, 0.6) is 0 Å². The zero-order valence-corrected chi connectivity index (χ0v) is 12.9. The second-order valence-electron chi connectivity index (χ2n) is 5.42. The van der Waals surface area contributed by atoms with Gasteiger partial charge in [-0.1, -0.05) is 0 Å². The summed E-state index contributed by atoms with van der Waals surface area (Å²) in [7, 11) is 0. The van der Waals surface area contributed by atoms with Crippen LogP contribution < -0.4 is 10.7 Å². The van der Waals surface area contributed by atoms with Gasteiger partial charge in [0.15, 0.2) is 5.54 Å². The highest BCUT2D eigenvalue weighted by Crippen LogP contribution is 2.28. The highest BCUT2D eigenvalue weighted by atomic mass is 16.6. The molecule has 1 atom stereocenters. The minimum Gasteiger partial charge on any atom is -0.466 e. The average molecular weight is 344 g/mol. The SMILES string of the molecule is C[C@@]1(c2ccco2)NC(=O)N(NC(=O)c2ccc([N+](=O)[O-])cc2)C1=O. The minimum atomic E-state index is -1.44. The number of nitrogens with one attached hydrogen (secondary N) is 2. The van der Waals surface area contributed by atoms with Crippen LogP contribution in [0.2, 0.25) is 0 Å². The van der Waals surface area contributed by atoms with E-state index in [1.807, 2.05) is 0 Å². The number of amides is 4. The molecular formula is C15H12N4O6. The fourth-order valence-electron chi connectivity index (χ4n) is 2.37. The zero-order valence-electron chi connectivity index (χ0n) is 12.9. The summed E-state index contributed by atoms with van der Waals surface area (Å²) in [6.45, 7) is 1.45. The van der Waals surface area contributed by atoms with E-state index in [2.05, 4.69) is 10.7 Å². The minimum absolute atomic E-state index is 0.0535. The highest BCUT2D eigenvalue weighted by Gasteiger charge is 2.52. The van der Waals surface area contributed by atoms with E-state index in [0.717, 1.165) is 12.1 Å². The monoisotopic (exact) mass is 344 g/mol. The highest BCUT2D eigenvalue weighted by molar-refractivity contribution is 6.09. The van der Waals surface area contributed by atoms with Gasteiger partial charge in [-0.05, 0) is 31.2 Å². The van der Waals surface area contributed by atoms with E-state index in [0.29, 0.717) is 5.01 Å². The van der Waals surface area contributed by atoms with Gasteiger partial charge in [0.25, 0.3) is 17.5 Å². The molecule has 4 amide bonds. The fraction of sp³-hybridized carbons (Fsp3) is 0.133. The van der Waals surface area contributed by atoms with Crippen molar-refractivity contribution in [2.24, 2.45) is 0 Å². The Balaban J connectivity index is 1.78. The number of nitrogens with zero attached hydrogens (tertiary/aromatic N) is 2. The van der Waals surface area contributed by atoms with Gasteiger partial charge in [-0.3, -0.25) is 25.1 Å². The first-order valence-corrected chi connectivity index (χ1v) is 7.09. The average Bonchev–Trinajstić information content (AvgIpc) is 3.19. The number of carbonyl (C=O) groups excluding carboxylic acids is 3. The molecule has 3 rings (SSSR count). The molecule has 2 N–H and O–H groups in total. The van der Waals surface area contributed by atoms with E-state index in [9.17, 15) is 24.5 Å². The number of nitro groups is 1. The van der Waals surface area contributed by atoms with E-state index in [1.54, 1.807) is 6.07 Å². The number of imide groups is 1. The molecule has 25 heavy (non-hydrogen) atoms. The van der Waals surface area contributed by atoms with Gasteiger partial charge < -0.3 is 9.73 Å². The van der Waals surface area contributed by atoms with Gasteiger partial charge in [-0.2, -0.15) is 5.01 Å². The maximum absolute atomic E-state index is 12.5. The third-order valence-corrected chi connectivity index (χ3v) is 3.76. The van der Waals surface area contributed by atoms with Gasteiger partial charge in [0.2, 0.25) is 0 Å². The Bertz CT molecular complexity index is 861. The standard InChI is InChI=1S/C15H12N4O6/c1-15(11-3-2-8-25-11)13(21)18(14(22)16-15)17-12(20)9-4-6-10(7-5-9)19(23)24/h2-8H,1H3,(H,16,22)(H,17,20)/t15-/m0/s1. The lowest BCUT2D eigenvalue weighted by atomic mass is 10.00. The van der Waals surface area contributed by atoms with E-state index in [-0.39, 0.29) is 17.0 Å². The molecular weight excluding hydrogens is 332 g/mol. The third-order valence-electron chi connectivity index (χ3n) is 3.76. The van der Waals surface area contributed by atoms with Crippen LogP contribution in [-0.4, -0.2) is 27.8 Å². The summed E-state index contributed by atoms with van der Waals surface area (Å²) in [5.74, 6) is -1.26. The number of urea groups is 1. The van der Waals surface area contributed by atoms with Crippen LogP contribution in [0.1, 0.15) is 23.0 Å². The summed E-state index contributed by atoms with van der Waals surface area (Å²) in [6.07, 6.45) is 1.36. The van der Waals surface area contributed by atoms with Crippen LogP contribution in [-0.2, 0) is 10.3 Å². The summed E-state index contributed by atoms with van der Waals surface area (Å²) in [5.41, 5.74) is 0.611. The van der Waals surface area contributed by atoms with Crippen molar-refractivity contribution < 1.29 is 23.7 Å². The van der Waals surface area contributed by atoms with Crippen LogP contribution in [0.3, 0.4) is 0 Å². The Hall–Kier alpha value is -3.69. The number of hydrazine groups is 1. The maximum atomic E-state index is 12.5. The van der Waals surface area contributed by atoms with Gasteiger partial charge in [0.1, 0.15) is 5.76 Å². The molecule has 128 valence electrons. The van der Waals surface area contributed by atoms with Crippen molar-refractivity contribution in [3.05, 3.63) is 64.1 Å². The molecule has 0 saturated carbocycles.